The molecule has 1 atom stereocenters. The van der Waals surface area contributed by atoms with Gasteiger partial charge in [0.1, 0.15) is 5.75 Å². The van der Waals surface area contributed by atoms with Crippen LogP contribution < -0.4 is 15.0 Å². The predicted molar refractivity (Wildman–Crippen MR) is 82.7 cm³/mol. The third-order valence-electron chi connectivity index (χ3n) is 3.24. The summed E-state index contributed by atoms with van der Waals surface area (Å²) in [5, 5.41) is 3.51. The zero-order valence-corrected chi connectivity index (χ0v) is 13.8. The zero-order chi connectivity index (χ0) is 13.1. The highest BCUT2D eigenvalue weighted by atomic mass is 79.9. The molecule has 1 fully saturated rings. The number of benzene rings is 1. The molecule has 0 aromatic heterocycles. The van der Waals surface area contributed by atoms with Crippen molar-refractivity contribution in [3.63, 3.8) is 0 Å². The quantitative estimate of drug-likeness (QED) is 0.870. The van der Waals surface area contributed by atoms with Crippen molar-refractivity contribution in [2.75, 3.05) is 31.6 Å². The molecule has 1 N–H and O–H groups in total. The highest BCUT2D eigenvalue weighted by Crippen LogP contribution is 2.37. The van der Waals surface area contributed by atoms with E-state index < -0.39 is 0 Å². The Morgan fingerprint density at radius 1 is 1.39 bits per heavy atom. The molecule has 18 heavy (non-hydrogen) atoms. The summed E-state index contributed by atoms with van der Waals surface area (Å²) in [5.41, 5.74) is 1.20. The largest absolute Gasteiger partial charge is 0.495 e. The smallest absolute Gasteiger partial charge is 0.135 e. The second-order valence-electron chi connectivity index (χ2n) is 4.43. The Kier molecular flexibility index (Phi) is 4.92. The van der Waals surface area contributed by atoms with E-state index in [1.807, 2.05) is 0 Å². The molecule has 0 bridgehead atoms. The van der Waals surface area contributed by atoms with Gasteiger partial charge in [0.15, 0.2) is 0 Å². The first-order valence-electron chi connectivity index (χ1n) is 6.17. The molecule has 1 heterocycles. The Bertz CT molecular complexity index is 426. The molecule has 1 aliphatic rings. The number of halogens is 2. The number of ether oxygens (including phenoxy) is 1. The molecular weight excluding hydrogens is 360 g/mol. The van der Waals surface area contributed by atoms with E-state index in [9.17, 15) is 0 Å². The predicted octanol–water partition coefficient (Wildman–Crippen LogP) is 3.41. The molecule has 5 heteroatoms. The third kappa shape index (κ3) is 3.00. The minimum absolute atomic E-state index is 0.594. The monoisotopic (exact) mass is 376 g/mol. The number of methoxy groups -OCH3 is 1. The molecule has 0 saturated carbocycles. The van der Waals surface area contributed by atoms with Crippen LogP contribution in [0, 0.1) is 0 Å². The molecule has 1 aromatic rings. The van der Waals surface area contributed by atoms with Crippen molar-refractivity contribution in [1.82, 2.24) is 5.32 Å². The van der Waals surface area contributed by atoms with E-state index in [0.29, 0.717) is 6.04 Å². The van der Waals surface area contributed by atoms with Crippen LogP contribution in [0.1, 0.15) is 13.3 Å². The van der Waals surface area contributed by atoms with E-state index in [4.69, 9.17) is 4.74 Å². The van der Waals surface area contributed by atoms with Gasteiger partial charge in [-0.25, -0.2) is 0 Å². The van der Waals surface area contributed by atoms with Crippen LogP contribution in [0.25, 0.3) is 0 Å². The van der Waals surface area contributed by atoms with E-state index in [2.05, 4.69) is 61.1 Å². The van der Waals surface area contributed by atoms with Crippen molar-refractivity contribution in [2.24, 2.45) is 0 Å². The summed E-state index contributed by atoms with van der Waals surface area (Å²) in [7, 11) is 1.70. The summed E-state index contributed by atoms with van der Waals surface area (Å²) < 4.78 is 7.44. The Morgan fingerprint density at radius 2 is 2.17 bits per heavy atom. The van der Waals surface area contributed by atoms with Crippen LogP contribution in [0.5, 0.6) is 5.75 Å². The molecule has 100 valence electrons. The average molecular weight is 378 g/mol. The summed E-state index contributed by atoms with van der Waals surface area (Å²) in [5.74, 6) is 0.875. The fourth-order valence-electron chi connectivity index (χ4n) is 2.35. The molecule has 3 nitrogen and oxygen atoms in total. The fraction of sp³-hybridized carbons (Fsp3) is 0.538. The summed E-state index contributed by atoms with van der Waals surface area (Å²) in [6.07, 6.45) is 1.19. The Balaban J connectivity index is 2.18. The Morgan fingerprint density at radius 3 is 2.83 bits per heavy atom. The molecule has 0 amide bonds. The maximum Gasteiger partial charge on any atom is 0.135 e. The van der Waals surface area contributed by atoms with Gasteiger partial charge in [0.2, 0.25) is 0 Å². The van der Waals surface area contributed by atoms with Gasteiger partial charge < -0.3 is 15.0 Å². The van der Waals surface area contributed by atoms with Gasteiger partial charge in [-0.05, 0) is 50.9 Å². The minimum atomic E-state index is 0.594. The number of nitrogens with zero attached hydrogens (tertiary/aromatic N) is 1. The molecular formula is C13H18Br2N2O. The van der Waals surface area contributed by atoms with Crippen molar-refractivity contribution in [3.05, 3.63) is 21.1 Å². The molecule has 1 saturated heterocycles. The van der Waals surface area contributed by atoms with Gasteiger partial charge >= 0.3 is 0 Å². The van der Waals surface area contributed by atoms with Gasteiger partial charge in [-0.3, -0.25) is 0 Å². The van der Waals surface area contributed by atoms with Crippen molar-refractivity contribution >= 4 is 37.5 Å². The molecule has 1 aromatic carbocycles. The number of hydrogen-bond acceptors (Lipinski definition) is 3. The standard InChI is InChI=1S/C13H18Br2N2O/c1-3-16-9-4-5-17(8-9)12-7-13(18-2)11(15)6-10(12)14/h6-7,9,16H,3-5,8H2,1-2H3. The number of hydrogen-bond donors (Lipinski definition) is 1. The van der Waals surface area contributed by atoms with E-state index in [1.165, 1.54) is 12.1 Å². The summed E-state index contributed by atoms with van der Waals surface area (Å²) in [4.78, 5) is 2.40. The number of likely N-dealkylation sites (N-methyl/N-ethyl adjacent to an activating group) is 1. The summed E-state index contributed by atoms with van der Waals surface area (Å²) >= 11 is 7.13. The molecule has 0 aliphatic carbocycles. The maximum absolute atomic E-state index is 5.36. The van der Waals surface area contributed by atoms with Gasteiger partial charge in [-0.2, -0.15) is 0 Å². The molecule has 1 unspecified atom stereocenters. The SMILES string of the molecule is CCNC1CCN(c2cc(OC)c(Br)cc2Br)C1. The van der Waals surface area contributed by atoms with E-state index in [1.54, 1.807) is 7.11 Å². The van der Waals surface area contributed by atoms with Crippen molar-refractivity contribution in [2.45, 2.75) is 19.4 Å². The maximum atomic E-state index is 5.36. The van der Waals surface area contributed by atoms with Gasteiger partial charge in [-0.15, -0.1) is 0 Å². The zero-order valence-electron chi connectivity index (χ0n) is 10.7. The number of nitrogens with one attached hydrogen (secondary N) is 1. The lowest BCUT2D eigenvalue weighted by Crippen LogP contribution is -2.32. The van der Waals surface area contributed by atoms with E-state index >= 15 is 0 Å². The van der Waals surface area contributed by atoms with Gasteiger partial charge in [0.25, 0.3) is 0 Å². The lowest BCUT2D eigenvalue weighted by Gasteiger charge is -2.21. The van der Waals surface area contributed by atoms with Crippen molar-refractivity contribution in [1.29, 1.82) is 0 Å². The summed E-state index contributed by atoms with van der Waals surface area (Å²) in [6, 6.07) is 4.73. The van der Waals surface area contributed by atoms with Gasteiger partial charge in [0.05, 0.1) is 17.3 Å². The lowest BCUT2D eigenvalue weighted by molar-refractivity contribution is 0.412. The number of rotatable bonds is 4. The van der Waals surface area contributed by atoms with Crippen LogP contribution in [-0.2, 0) is 0 Å². The first kappa shape index (κ1) is 14.2. The Labute approximate surface area is 125 Å². The first-order chi connectivity index (χ1) is 8.65. The summed E-state index contributed by atoms with van der Waals surface area (Å²) in [6.45, 7) is 5.32. The molecule has 2 rings (SSSR count). The second-order valence-corrected chi connectivity index (χ2v) is 6.14. The van der Waals surface area contributed by atoms with Crippen LogP contribution in [0.2, 0.25) is 0 Å². The second kappa shape index (κ2) is 6.26. The van der Waals surface area contributed by atoms with Crippen LogP contribution in [0.4, 0.5) is 5.69 Å². The van der Waals surface area contributed by atoms with Crippen LogP contribution in [-0.4, -0.2) is 32.8 Å². The van der Waals surface area contributed by atoms with Crippen LogP contribution >= 0.6 is 31.9 Å². The van der Waals surface area contributed by atoms with Crippen molar-refractivity contribution < 1.29 is 4.74 Å². The Hall–Kier alpha value is -0.260. The molecule has 0 spiro atoms. The fourth-order valence-corrected chi connectivity index (χ4v) is 3.76. The lowest BCUT2D eigenvalue weighted by atomic mass is 10.2. The normalized spacial score (nSPS) is 19.3. The van der Waals surface area contributed by atoms with Crippen LogP contribution in [0.15, 0.2) is 21.1 Å². The van der Waals surface area contributed by atoms with Gasteiger partial charge in [-0.1, -0.05) is 6.92 Å². The topological polar surface area (TPSA) is 24.5 Å². The van der Waals surface area contributed by atoms with Crippen LogP contribution in [0.3, 0.4) is 0 Å². The molecule has 1 aliphatic heterocycles. The first-order valence-corrected chi connectivity index (χ1v) is 7.75. The average Bonchev–Trinajstić information content (AvgIpc) is 2.78. The van der Waals surface area contributed by atoms with E-state index in [-0.39, 0.29) is 0 Å². The number of anilines is 1. The highest BCUT2D eigenvalue weighted by molar-refractivity contribution is 9.11. The highest BCUT2D eigenvalue weighted by Gasteiger charge is 2.24. The van der Waals surface area contributed by atoms with E-state index in [0.717, 1.165) is 34.3 Å². The van der Waals surface area contributed by atoms with Gasteiger partial charge in [0, 0.05) is 29.7 Å². The molecule has 0 radical (unpaired) electrons. The minimum Gasteiger partial charge on any atom is -0.495 e. The van der Waals surface area contributed by atoms with Crippen molar-refractivity contribution in [3.8, 4) is 5.75 Å². The third-order valence-corrected chi connectivity index (χ3v) is 4.50.